The second kappa shape index (κ2) is 8.77. The van der Waals surface area contributed by atoms with Crippen LogP contribution in [0.5, 0.6) is 5.75 Å². The van der Waals surface area contributed by atoms with Crippen LogP contribution in [0.25, 0.3) is 10.9 Å². The highest BCUT2D eigenvalue weighted by Gasteiger charge is 2.14. The van der Waals surface area contributed by atoms with Gasteiger partial charge in [0.25, 0.3) is 11.8 Å². The molecule has 0 fully saturated rings. The van der Waals surface area contributed by atoms with E-state index >= 15 is 0 Å². The number of aromatic amines is 1. The molecule has 29 heavy (non-hydrogen) atoms. The molecule has 1 aromatic heterocycles. The molecule has 1 heterocycles. The van der Waals surface area contributed by atoms with Crippen LogP contribution < -0.4 is 15.4 Å². The largest absolute Gasteiger partial charge is 0.484 e. The molecule has 2 amide bonds. The van der Waals surface area contributed by atoms with Gasteiger partial charge in [0.1, 0.15) is 11.6 Å². The molecule has 0 spiro atoms. The highest BCUT2D eigenvalue weighted by Crippen LogP contribution is 2.27. The fourth-order valence-corrected chi connectivity index (χ4v) is 3.33. The summed E-state index contributed by atoms with van der Waals surface area (Å²) in [6, 6.07) is 9.77. The third-order valence-corrected chi connectivity index (χ3v) is 4.84. The van der Waals surface area contributed by atoms with Gasteiger partial charge in [-0.05, 0) is 61.7 Å². The lowest BCUT2D eigenvalue weighted by atomic mass is 10.0. The Morgan fingerprint density at radius 1 is 1.10 bits per heavy atom. The molecule has 3 N–H and O–H groups in total. The summed E-state index contributed by atoms with van der Waals surface area (Å²) < 4.78 is 19.5. The van der Waals surface area contributed by atoms with Gasteiger partial charge in [0.2, 0.25) is 0 Å². The zero-order valence-electron chi connectivity index (χ0n) is 16.7. The van der Waals surface area contributed by atoms with E-state index in [4.69, 9.17) is 4.74 Å². The van der Waals surface area contributed by atoms with Crippen LogP contribution in [0.3, 0.4) is 0 Å². The lowest BCUT2D eigenvalue weighted by Crippen LogP contribution is -2.30. The number of carbonyl (C=O) groups excluding carboxylic acids is 2. The van der Waals surface area contributed by atoms with E-state index in [-0.39, 0.29) is 24.2 Å². The Morgan fingerprint density at radius 2 is 1.83 bits per heavy atom. The minimum absolute atomic E-state index is 0.125. The molecule has 6 nitrogen and oxygen atoms in total. The number of aromatic nitrogens is 1. The Balaban J connectivity index is 1.53. The average molecular weight is 397 g/mol. The summed E-state index contributed by atoms with van der Waals surface area (Å²) in [5.41, 5.74) is 3.92. The normalized spacial score (nSPS) is 10.8. The third-order valence-electron chi connectivity index (χ3n) is 4.84. The van der Waals surface area contributed by atoms with Crippen LogP contribution in [0.4, 0.5) is 4.39 Å². The predicted molar refractivity (Wildman–Crippen MR) is 110 cm³/mol. The summed E-state index contributed by atoms with van der Waals surface area (Å²) in [6.45, 7) is 4.14. The van der Waals surface area contributed by atoms with Crippen LogP contribution >= 0.6 is 0 Å². The molecular weight excluding hydrogens is 373 g/mol. The van der Waals surface area contributed by atoms with Gasteiger partial charge in [0, 0.05) is 30.2 Å². The Hall–Kier alpha value is -3.35. The van der Waals surface area contributed by atoms with E-state index in [0.717, 1.165) is 22.2 Å². The highest BCUT2D eigenvalue weighted by atomic mass is 19.1. The number of H-pyrrole nitrogens is 1. The number of aryl methyl sites for hydroxylation is 2. The van der Waals surface area contributed by atoms with Crippen molar-refractivity contribution >= 4 is 22.7 Å². The lowest BCUT2D eigenvalue weighted by Gasteiger charge is -2.09. The second-order valence-corrected chi connectivity index (χ2v) is 6.83. The summed E-state index contributed by atoms with van der Waals surface area (Å²) in [6.07, 6.45) is 0.586. The maximum absolute atomic E-state index is 14.0. The zero-order valence-corrected chi connectivity index (χ0v) is 16.7. The summed E-state index contributed by atoms with van der Waals surface area (Å²) >= 11 is 0. The van der Waals surface area contributed by atoms with Gasteiger partial charge in [0.05, 0.1) is 5.52 Å². The quantitative estimate of drug-likeness (QED) is 0.573. The number of hydrogen-bond donors (Lipinski definition) is 3. The molecule has 0 aliphatic rings. The van der Waals surface area contributed by atoms with Crippen LogP contribution in [0, 0.1) is 19.7 Å². The van der Waals surface area contributed by atoms with Gasteiger partial charge < -0.3 is 20.4 Å². The molecule has 0 aliphatic heterocycles. The number of ether oxygens (including phenoxy) is 1. The van der Waals surface area contributed by atoms with Gasteiger partial charge >= 0.3 is 0 Å². The van der Waals surface area contributed by atoms with Crippen molar-refractivity contribution in [3.8, 4) is 5.75 Å². The molecule has 0 unspecified atom stereocenters. The SMILES string of the molecule is CNC(=O)c1ccc(OCC(=O)NCCc2c(C)[nH]c3c(F)ccc(C)c23)cc1. The zero-order chi connectivity index (χ0) is 21.0. The summed E-state index contributed by atoms with van der Waals surface area (Å²) in [7, 11) is 1.56. The van der Waals surface area contributed by atoms with Crippen molar-refractivity contribution in [2.24, 2.45) is 0 Å². The number of hydrogen-bond acceptors (Lipinski definition) is 3. The van der Waals surface area contributed by atoms with E-state index in [9.17, 15) is 14.0 Å². The first-order valence-electron chi connectivity index (χ1n) is 9.38. The Kier molecular flexibility index (Phi) is 6.16. The molecule has 152 valence electrons. The van der Waals surface area contributed by atoms with E-state index in [2.05, 4.69) is 15.6 Å². The van der Waals surface area contributed by atoms with Crippen molar-refractivity contribution in [2.75, 3.05) is 20.2 Å². The monoisotopic (exact) mass is 397 g/mol. The smallest absolute Gasteiger partial charge is 0.257 e. The van der Waals surface area contributed by atoms with Crippen LogP contribution in [0.15, 0.2) is 36.4 Å². The summed E-state index contributed by atoms with van der Waals surface area (Å²) in [5, 5.41) is 6.24. The van der Waals surface area contributed by atoms with Gasteiger partial charge in [-0.25, -0.2) is 4.39 Å². The molecule has 0 saturated carbocycles. The molecule has 0 bridgehead atoms. The topological polar surface area (TPSA) is 83.2 Å². The Bertz CT molecular complexity index is 1040. The molecule has 0 radical (unpaired) electrons. The number of halogens is 1. The maximum atomic E-state index is 14.0. The molecule has 3 rings (SSSR count). The first kappa shape index (κ1) is 20.4. The van der Waals surface area contributed by atoms with Gasteiger partial charge in [-0.3, -0.25) is 9.59 Å². The molecular formula is C22H24FN3O3. The molecule has 3 aromatic rings. The second-order valence-electron chi connectivity index (χ2n) is 6.83. The van der Waals surface area contributed by atoms with Gasteiger partial charge in [-0.2, -0.15) is 0 Å². The molecule has 2 aromatic carbocycles. The van der Waals surface area contributed by atoms with Crippen molar-refractivity contribution in [1.82, 2.24) is 15.6 Å². The van der Waals surface area contributed by atoms with Gasteiger partial charge in [-0.1, -0.05) is 6.07 Å². The predicted octanol–water partition coefficient (Wildman–Crippen LogP) is 3.02. The third kappa shape index (κ3) is 4.56. The van der Waals surface area contributed by atoms with Gasteiger partial charge in [0.15, 0.2) is 6.61 Å². The van der Waals surface area contributed by atoms with Crippen molar-refractivity contribution in [3.63, 3.8) is 0 Å². The maximum Gasteiger partial charge on any atom is 0.257 e. The van der Waals surface area contributed by atoms with Crippen LogP contribution in [-0.4, -0.2) is 37.0 Å². The van der Waals surface area contributed by atoms with Crippen LogP contribution in [0.2, 0.25) is 0 Å². The molecule has 0 aliphatic carbocycles. The number of nitrogens with one attached hydrogen (secondary N) is 3. The van der Waals surface area contributed by atoms with Crippen molar-refractivity contribution < 1.29 is 18.7 Å². The van der Waals surface area contributed by atoms with Crippen molar-refractivity contribution in [1.29, 1.82) is 0 Å². The Morgan fingerprint density at radius 3 is 2.52 bits per heavy atom. The minimum Gasteiger partial charge on any atom is -0.484 e. The van der Waals surface area contributed by atoms with Crippen LogP contribution in [-0.2, 0) is 11.2 Å². The van der Waals surface area contributed by atoms with Crippen molar-refractivity contribution in [2.45, 2.75) is 20.3 Å². The van der Waals surface area contributed by atoms with Gasteiger partial charge in [-0.15, -0.1) is 0 Å². The van der Waals surface area contributed by atoms with E-state index in [1.54, 1.807) is 37.4 Å². The van der Waals surface area contributed by atoms with E-state index < -0.39 is 0 Å². The van der Waals surface area contributed by atoms with E-state index in [1.165, 1.54) is 6.07 Å². The highest BCUT2D eigenvalue weighted by molar-refractivity contribution is 5.94. The average Bonchev–Trinajstić information content (AvgIpc) is 3.06. The fraction of sp³-hybridized carbons (Fsp3) is 0.273. The number of carbonyl (C=O) groups is 2. The summed E-state index contributed by atoms with van der Waals surface area (Å²) in [5.74, 6) is -0.205. The van der Waals surface area contributed by atoms with Crippen LogP contribution in [0.1, 0.15) is 27.2 Å². The summed E-state index contributed by atoms with van der Waals surface area (Å²) in [4.78, 5) is 26.7. The first-order valence-corrected chi connectivity index (χ1v) is 9.38. The number of fused-ring (bicyclic) bond motifs is 1. The number of amides is 2. The standard InChI is InChI=1S/C22H24FN3O3/c1-13-4-9-18(23)21-20(13)17(14(2)26-21)10-11-25-19(27)12-29-16-7-5-15(6-8-16)22(28)24-3/h4-9,26H,10-12H2,1-3H3,(H,24,28)(H,25,27). The number of benzene rings is 2. The Labute approximate surface area is 168 Å². The molecule has 0 atom stereocenters. The van der Waals surface area contributed by atoms with Crippen molar-refractivity contribution in [3.05, 3.63) is 64.6 Å². The minimum atomic E-state index is -0.278. The van der Waals surface area contributed by atoms with E-state index in [1.807, 2.05) is 13.8 Å². The molecule has 7 heteroatoms. The lowest BCUT2D eigenvalue weighted by molar-refractivity contribution is -0.123. The number of rotatable bonds is 7. The van der Waals surface area contributed by atoms with E-state index in [0.29, 0.717) is 29.8 Å². The first-order chi connectivity index (χ1) is 13.9. The fourth-order valence-electron chi connectivity index (χ4n) is 3.33. The molecule has 0 saturated heterocycles.